The smallest absolute Gasteiger partial charge is 0.193 e. The monoisotopic (exact) mass is 496 g/mol. The summed E-state index contributed by atoms with van der Waals surface area (Å²) < 4.78 is 0. The second-order valence-corrected chi connectivity index (χ2v) is 8.23. The van der Waals surface area contributed by atoms with E-state index in [0.29, 0.717) is 6.04 Å². The topological polar surface area (TPSA) is 30.9 Å². The fourth-order valence-corrected chi connectivity index (χ4v) is 4.24. The molecule has 1 N–H and O–H groups in total. The molecule has 0 spiro atoms. The zero-order chi connectivity index (χ0) is 19.1. The van der Waals surface area contributed by atoms with Gasteiger partial charge in [-0.2, -0.15) is 0 Å². The molecule has 1 aromatic carbocycles. The fourth-order valence-electron chi connectivity index (χ4n) is 4.24. The lowest BCUT2D eigenvalue weighted by Crippen LogP contribution is -2.48. The number of piperidine rings is 2. The largest absolute Gasteiger partial charge is 0.356 e. The summed E-state index contributed by atoms with van der Waals surface area (Å²) >= 11 is 0. The summed E-state index contributed by atoms with van der Waals surface area (Å²) in [7, 11) is 1.92. The molecule has 0 aromatic heterocycles. The molecule has 1 atom stereocenters. The number of likely N-dealkylation sites (tertiary alicyclic amines) is 2. The summed E-state index contributed by atoms with van der Waals surface area (Å²) in [5.74, 6) is 1.81. The normalized spacial score (nSPS) is 21.4. The SMILES string of the molecule is CN=C(NCC1CCCN(C(C)C)C1)N1CCC(=Cc2ccccc2)CC1.I. The van der Waals surface area contributed by atoms with Crippen LogP contribution in [0.5, 0.6) is 0 Å². The molecule has 3 rings (SSSR count). The number of nitrogens with one attached hydrogen (secondary N) is 1. The number of rotatable bonds is 4. The molecule has 2 aliphatic heterocycles. The van der Waals surface area contributed by atoms with Gasteiger partial charge >= 0.3 is 0 Å². The molecule has 2 heterocycles. The lowest BCUT2D eigenvalue weighted by molar-refractivity contribution is 0.140. The van der Waals surface area contributed by atoms with E-state index < -0.39 is 0 Å². The third kappa shape index (κ3) is 6.76. The summed E-state index contributed by atoms with van der Waals surface area (Å²) in [4.78, 5) is 9.59. The molecule has 4 nitrogen and oxygen atoms in total. The van der Waals surface area contributed by atoms with Gasteiger partial charge in [0.05, 0.1) is 0 Å². The molecular weight excluding hydrogens is 459 g/mol. The van der Waals surface area contributed by atoms with Crippen molar-refractivity contribution in [3.63, 3.8) is 0 Å². The van der Waals surface area contributed by atoms with E-state index in [9.17, 15) is 0 Å². The Hall–Kier alpha value is -1.08. The van der Waals surface area contributed by atoms with E-state index >= 15 is 0 Å². The van der Waals surface area contributed by atoms with Crippen LogP contribution in [-0.2, 0) is 0 Å². The molecule has 2 saturated heterocycles. The fraction of sp³-hybridized carbons (Fsp3) is 0.609. The van der Waals surface area contributed by atoms with Crippen molar-refractivity contribution in [2.75, 3.05) is 39.8 Å². The molecule has 0 aliphatic carbocycles. The van der Waals surface area contributed by atoms with E-state index in [0.717, 1.165) is 44.4 Å². The first-order valence-corrected chi connectivity index (χ1v) is 10.6. The van der Waals surface area contributed by atoms with Gasteiger partial charge in [-0.3, -0.25) is 4.99 Å². The summed E-state index contributed by atoms with van der Waals surface area (Å²) in [6.07, 6.45) is 7.26. The predicted octanol–water partition coefficient (Wildman–Crippen LogP) is 4.48. The van der Waals surface area contributed by atoms with Crippen LogP contribution in [0.4, 0.5) is 0 Å². The van der Waals surface area contributed by atoms with Crippen molar-refractivity contribution in [3.05, 3.63) is 41.5 Å². The molecule has 1 aromatic rings. The van der Waals surface area contributed by atoms with Crippen LogP contribution in [0, 0.1) is 5.92 Å². The lowest BCUT2D eigenvalue weighted by atomic mass is 9.97. The third-order valence-corrected chi connectivity index (χ3v) is 5.92. The van der Waals surface area contributed by atoms with Crippen molar-refractivity contribution >= 4 is 36.0 Å². The Kier molecular flexibility index (Phi) is 9.79. The average Bonchev–Trinajstić information content (AvgIpc) is 2.70. The van der Waals surface area contributed by atoms with Crippen LogP contribution in [0.2, 0.25) is 0 Å². The lowest BCUT2D eigenvalue weighted by Gasteiger charge is -2.37. The number of hydrogen-bond donors (Lipinski definition) is 1. The van der Waals surface area contributed by atoms with E-state index in [2.05, 4.69) is 70.4 Å². The second-order valence-electron chi connectivity index (χ2n) is 8.23. The predicted molar refractivity (Wildman–Crippen MR) is 131 cm³/mol. The highest BCUT2D eigenvalue weighted by atomic mass is 127. The van der Waals surface area contributed by atoms with Gasteiger partial charge in [-0.25, -0.2) is 0 Å². The number of aliphatic imine (C=N–C) groups is 1. The zero-order valence-corrected chi connectivity index (χ0v) is 20.1. The summed E-state index contributed by atoms with van der Waals surface area (Å²) in [6, 6.07) is 11.3. The molecule has 0 bridgehead atoms. The molecule has 1 unspecified atom stereocenters. The van der Waals surface area contributed by atoms with Gasteiger partial charge < -0.3 is 15.1 Å². The number of nitrogens with zero attached hydrogens (tertiary/aromatic N) is 3. The molecule has 0 amide bonds. The Labute approximate surface area is 188 Å². The van der Waals surface area contributed by atoms with Gasteiger partial charge in [-0.05, 0) is 57.6 Å². The van der Waals surface area contributed by atoms with Gasteiger partial charge in [0.25, 0.3) is 0 Å². The Bertz CT molecular complexity index is 631. The van der Waals surface area contributed by atoms with Crippen molar-refractivity contribution in [1.29, 1.82) is 0 Å². The summed E-state index contributed by atoms with van der Waals surface area (Å²) in [5, 5.41) is 3.66. The molecule has 28 heavy (non-hydrogen) atoms. The molecule has 2 aliphatic rings. The van der Waals surface area contributed by atoms with Gasteiger partial charge in [-0.1, -0.05) is 42.0 Å². The third-order valence-electron chi connectivity index (χ3n) is 5.92. The van der Waals surface area contributed by atoms with E-state index in [1.807, 2.05) is 7.05 Å². The minimum absolute atomic E-state index is 0. The van der Waals surface area contributed by atoms with Crippen LogP contribution >= 0.6 is 24.0 Å². The van der Waals surface area contributed by atoms with Crippen molar-refractivity contribution < 1.29 is 0 Å². The molecule has 0 saturated carbocycles. The molecular formula is C23H37IN4. The maximum absolute atomic E-state index is 4.56. The Morgan fingerprint density at radius 1 is 1.18 bits per heavy atom. The van der Waals surface area contributed by atoms with Crippen LogP contribution < -0.4 is 5.32 Å². The average molecular weight is 496 g/mol. The molecule has 5 heteroatoms. The Morgan fingerprint density at radius 3 is 2.54 bits per heavy atom. The number of hydrogen-bond acceptors (Lipinski definition) is 2. The van der Waals surface area contributed by atoms with Gasteiger partial charge in [0.15, 0.2) is 5.96 Å². The van der Waals surface area contributed by atoms with Gasteiger partial charge in [-0.15, -0.1) is 24.0 Å². The standard InChI is InChI=1S/C23H36N4.HI/c1-19(2)27-13-7-10-22(18-27)17-25-23(24-3)26-14-11-21(12-15-26)16-20-8-5-4-6-9-20;/h4-6,8-9,16,19,22H,7,10-15,17-18H2,1-3H3,(H,24,25);1H. The number of halogens is 1. The van der Waals surface area contributed by atoms with Crippen LogP contribution in [0.1, 0.15) is 45.1 Å². The first-order valence-electron chi connectivity index (χ1n) is 10.6. The highest BCUT2D eigenvalue weighted by molar-refractivity contribution is 14.0. The summed E-state index contributed by atoms with van der Waals surface area (Å²) in [5.41, 5.74) is 2.86. The maximum atomic E-state index is 4.56. The van der Waals surface area contributed by atoms with E-state index in [-0.39, 0.29) is 24.0 Å². The maximum Gasteiger partial charge on any atom is 0.193 e. The molecule has 2 fully saturated rings. The second kappa shape index (κ2) is 11.8. The quantitative estimate of drug-likeness (QED) is 0.379. The van der Waals surface area contributed by atoms with Crippen molar-refractivity contribution in [1.82, 2.24) is 15.1 Å². The van der Waals surface area contributed by atoms with Crippen LogP contribution in [0.15, 0.2) is 40.9 Å². The minimum Gasteiger partial charge on any atom is -0.356 e. The highest BCUT2D eigenvalue weighted by Gasteiger charge is 2.23. The van der Waals surface area contributed by atoms with Crippen LogP contribution in [0.25, 0.3) is 6.08 Å². The number of guanidine groups is 1. The van der Waals surface area contributed by atoms with Gasteiger partial charge in [0.2, 0.25) is 0 Å². The highest BCUT2D eigenvalue weighted by Crippen LogP contribution is 2.20. The van der Waals surface area contributed by atoms with Gasteiger partial charge in [0, 0.05) is 39.3 Å². The van der Waals surface area contributed by atoms with E-state index in [1.54, 1.807) is 5.57 Å². The zero-order valence-electron chi connectivity index (χ0n) is 17.7. The van der Waals surface area contributed by atoms with E-state index in [4.69, 9.17) is 0 Å². The van der Waals surface area contributed by atoms with Crippen molar-refractivity contribution in [2.24, 2.45) is 10.9 Å². The number of benzene rings is 1. The first kappa shape index (κ1) is 23.2. The van der Waals surface area contributed by atoms with E-state index in [1.165, 1.54) is 31.5 Å². The molecule has 0 radical (unpaired) electrons. The van der Waals surface area contributed by atoms with Crippen molar-refractivity contribution in [3.8, 4) is 0 Å². The minimum atomic E-state index is 0. The van der Waals surface area contributed by atoms with Crippen LogP contribution in [0.3, 0.4) is 0 Å². The molecule has 156 valence electrons. The Morgan fingerprint density at radius 2 is 1.89 bits per heavy atom. The van der Waals surface area contributed by atoms with Crippen LogP contribution in [-0.4, -0.2) is 61.6 Å². The Balaban J connectivity index is 0.00000280. The van der Waals surface area contributed by atoms with Crippen molar-refractivity contribution in [2.45, 2.75) is 45.6 Å². The van der Waals surface area contributed by atoms with Gasteiger partial charge in [0.1, 0.15) is 0 Å². The summed E-state index contributed by atoms with van der Waals surface area (Å²) in [6.45, 7) is 10.2. The first-order chi connectivity index (χ1) is 13.2.